The van der Waals surface area contributed by atoms with E-state index in [1.807, 2.05) is 43.3 Å². The highest BCUT2D eigenvalue weighted by Gasteiger charge is 2.45. The fraction of sp³-hybridized carbons (Fsp3) is 0.275. The van der Waals surface area contributed by atoms with Gasteiger partial charge in [-0.3, -0.25) is 9.59 Å². The Bertz CT molecular complexity index is 2100. The zero-order chi connectivity index (χ0) is 35.1. The average Bonchev–Trinajstić information content (AvgIpc) is 3.46. The molecule has 1 atom stereocenters. The molecule has 8 rings (SSSR count). The molecule has 5 heterocycles. The molecule has 3 aliphatic rings. The van der Waals surface area contributed by atoms with Crippen LogP contribution in [0.25, 0.3) is 10.4 Å². The normalized spacial score (nSPS) is 16.8. The predicted octanol–water partition coefficient (Wildman–Crippen LogP) is 7.43. The van der Waals surface area contributed by atoms with Crippen LogP contribution in [0.5, 0.6) is 0 Å². The number of thiophene rings is 1. The van der Waals surface area contributed by atoms with Crippen LogP contribution in [0.2, 0.25) is 0 Å². The van der Waals surface area contributed by atoms with Gasteiger partial charge in [-0.1, -0.05) is 36.4 Å². The minimum Gasteiger partial charge on any atom is -0.381 e. The fourth-order valence-electron chi connectivity index (χ4n) is 7.35. The van der Waals surface area contributed by atoms with Gasteiger partial charge in [0.25, 0.3) is 11.8 Å². The van der Waals surface area contributed by atoms with Gasteiger partial charge in [0, 0.05) is 71.7 Å². The first-order valence-electron chi connectivity index (χ1n) is 17.2. The number of nitrogens with one attached hydrogen (secondary N) is 2. The number of halogens is 1. The number of nitrogens with zero attached hydrogens (tertiary/aromatic N) is 3. The maximum atomic E-state index is 14.3. The Morgan fingerprint density at radius 3 is 2.53 bits per heavy atom. The van der Waals surface area contributed by atoms with Crippen LogP contribution in [-0.4, -0.2) is 54.8 Å². The van der Waals surface area contributed by atoms with Crippen LogP contribution in [0.3, 0.4) is 0 Å². The third-order valence-electron chi connectivity index (χ3n) is 10.1. The van der Waals surface area contributed by atoms with E-state index < -0.39 is 12.0 Å². The van der Waals surface area contributed by atoms with Gasteiger partial charge in [0.15, 0.2) is 6.23 Å². The van der Waals surface area contributed by atoms with Gasteiger partial charge in [0.1, 0.15) is 11.6 Å². The number of hydrogen-bond donors (Lipinski definition) is 3. The summed E-state index contributed by atoms with van der Waals surface area (Å²) in [6.07, 6.45) is 3.26. The van der Waals surface area contributed by atoms with E-state index in [1.165, 1.54) is 17.4 Å². The molecule has 260 valence electrons. The molecule has 5 aromatic rings. The molecule has 11 heteroatoms. The lowest BCUT2D eigenvalue weighted by Gasteiger charge is -2.53. The molecule has 0 aliphatic carbocycles. The van der Waals surface area contributed by atoms with Crippen molar-refractivity contribution in [3.05, 3.63) is 125 Å². The number of aromatic nitrogens is 1. The van der Waals surface area contributed by atoms with E-state index in [1.54, 1.807) is 53.6 Å². The van der Waals surface area contributed by atoms with Crippen LogP contribution in [0.15, 0.2) is 91.1 Å². The monoisotopic (exact) mass is 703 g/mol. The molecule has 2 saturated heterocycles. The maximum Gasteiger partial charge on any atom is 0.259 e. The minimum atomic E-state index is -1.20. The number of carbonyl (C=O) groups is 2. The summed E-state index contributed by atoms with van der Waals surface area (Å²) in [4.78, 5) is 37.2. The van der Waals surface area contributed by atoms with E-state index in [2.05, 4.69) is 20.5 Å². The first kappa shape index (κ1) is 33.1. The Morgan fingerprint density at radius 2 is 1.75 bits per heavy atom. The molecule has 9 nitrogen and oxygen atoms in total. The van der Waals surface area contributed by atoms with Crippen molar-refractivity contribution in [3.63, 3.8) is 0 Å². The van der Waals surface area contributed by atoms with Crippen LogP contribution < -0.4 is 20.4 Å². The first-order valence-corrected chi connectivity index (χ1v) is 18.0. The summed E-state index contributed by atoms with van der Waals surface area (Å²) in [6, 6.07) is 24.8. The molecular formula is C40H38FN5O4S. The number of hydrogen-bond acceptors (Lipinski definition) is 8. The van der Waals surface area contributed by atoms with Crippen LogP contribution in [-0.2, 0) is 11.2 Å². The van der Waals surface area contributed by atoms with Crippen molar-refractivity contribution < 1.29 is 23.8 Å². The van der Waals surface area contributed by atoms with Gasteiger partial charge in [0.05, 0.1) is 16.3 Å². The zero-order valence-electron chi connectivity index (χ0n) is 28.2. The van der Waals surface area contributed by atoms with Crippen molar-refractivity contribution in [2.75, 3.05) is 53.3 Å². The van der Waals surface area contributed by atoms with Crippen molar-refractivity contribution in [3.8, 4) is 10.4 Å². The van der Waals surface area contributed by atoms with Gasteiger partial charge < -0.3 is 30.3 Å². The highest BCUT2D eigenvalue weighted by Crippen LogP contribution is 2.45. The van der Waals surface area contributed by atoms with Crippen molar-refractivity contribution in [1.82, 2.24) is 4.98 Å². The minimum absolute atomic E-state index is 0.145. The molecule has 3 aromatic carbocycles. The molecule has 3 N–H and O–H groups in total. The van der Waals surface area contributed by atoms with Gasteiger partial charge >= 0.3 is 0 Å². The van der Waals surface area contributed by atoms with E-state index in [9.17, 15) is 19.1 Å². The molecule has 1 unspecified atom stereocenters. The number of rotatable bonds is 7. The van der Waals surface area contributed by atoms with E-state index in [0.29, 0.717) is 40.6 Å². The summed E-state index contributed by atoms with van der Waals surface area (Å²) < 4.78 is 19.9. The topological polar surface area (TPSA) is 107 Å². The first-order chi connectivity index (χ1) is 24.8. The molecular weight excluding hydrogens is 666 g/mol. The van der Waals surface area contributed by atoms with Crippen molar-refractivity contribution in [2.45, 2.75) is 32.4 Å². The van der Waals surface area contributed by atoms with Gasteiger partial charge in [0.2, 0.25) is 0 Å². The predicted molar refractivity (Wildman–Crippen MR) is 198 cm³/mol. The summed E-state index contributed by atoms with van der Waals surface area (Å²) in [5, 5.41) is 17.5. The number of carbonyl (C=O) groups excluding carboxylic acids is 2. The SMILES string of the molecule is Cc1cnc(N2CC3(CCOCC3)C2)c(C(=O)Nc2ccc(C(=O)N3CCc4cc(NC(O)c5ccccc5F)sc4-c4ccccc43)cc2)c1. The van der Waals surface area contributed by atoms with E-state index in [0.717, 1.165) is 66.4 Å². The van der Waals surface area contributed by atoms with Crippen molar-refractivity contribution >= 4 is 45.3 Å². The summed E-state index contributed by atoms with van der Waals surface area (Å²) >= 11 is 1.47. The van der Waals surface area contributed by atoms with E-state index >= 15 is 0 Å². The molecule has 2 fully saturated rings. The number of para-hydroxylation sites is 1. The van der Waals surface area contributed by atoms with Gasteiger partial charge in [-0.05, 0) is 85.8 Å². The smallest absolute Gasteiger partial charge is 0.259 e. The number of benzene rings is 3. The zero-order valence-corrected chi connectivity index (χ0v) is 29.0. The average molecular weight is 704 g/mol. The Kier molecular flexibility index (Phi) is 8.79. The molecule has 2 amide bonds. The Hall–Kier alpha value is -5.10. The Morgan fingerprint density at radius 1 is 1.00 bits per heavy atom. The fourth-order valence-corrected chi connectivity index (χ4v) is 8.52. The third-order valence-corrected chi connectivity index (χ3v) is 11.3. The molecule has 1 spiro atoms. The number of pyridine rings is 1. The Balaban J connectivity index is 0.969. The summed E-state index contributed by atoms with van der Waals surface area (Å²) in [7, 11) is 0. The lowest BCUT2D eigenvalue weighted by atomic mass is 9.73. The van der Waals surface area contributed by atoms with E-state index in [-0.39, 0.29) is 22.8 Å². The molecule has 0 radical (unpaired) electrons. The van der Waals surface area contributed by atoms with Crippen molar-refractivity contribution in [1.29, 1.82) is 0 Å². The number of anilines is 4. The van der Waals surface area contributed by atoms with Crippen molar-refractivity contribution in [2.24, 2.45) is 5.41 Å². The lowest BCUT2D eigenvalue weighted by Crippen LogP contribution is -2.59. The number of aliphatic hydroxyl groups is 1. The number of ether oxygens (including phenoxy) is 1. The summed E-state index contributed by atoms with van der Waals surface area (Å²) in [5.41, 5.74) is 5.69. The molecule has 0 saturated carbocycles. The summed E-state index contributed by atoms with van der Waals surface area (Å²) in [5.74, 6) is -0.168. The van der Waals surface area contributed by atoms with Crippen LogP contribution in [0.4, 0.5) is 26.6 Å². The lowest BCUT2D eigenvalue weighted by molar-refractivity contribution is -0.000510. The van der Waals surface area contributed by atoms with Gasteiger partial charge in [-0.25, -0.2) is 9.37 Å². The Labute approximate surface area is 299 Å². The molecule has 51 heavy (non-hydrogen) atoms. The molecule has 3 aliphatic heterocycles. The third kappa shape index (κ3) is 6.48. The van der Waals surface area contributed by atoms with Crippen LogP contribution in [0.1, 0.15) is 56.5 Å². The second-order valence-electron chi connectivity index (χ2n) is 13.6. The van der Waals surface area contributed by atoms with Crippen LogP contribution in [0, 0.1) is 18.2 Å². The number of aliphatic hydroxyl groups excluding tert-OH is 1. The summed E-state index contributed by atoms with van der Waals surface area (Å²) in [6.45, 7) is 5.68. The maximum absolute atomic E-state index is 14.3. The number of amides is 2. The molecule has 0 bridgehead atoms. The molecule has 2 aromatic heterocycles. The second kappa shape index (κ2) is 13.6. The van der Waals surface area contributed by atoms with Gasteiger partial charge in [-0.15, -0.1) is 11.3 Å². The highest BCUT2D eigenvalue weighted by atomic mass is 32.1. The quantitative estimate of drug-likeness (QED) is 0.151. The van der Waals surface area contributed by atoms with Crippen LogP contribution >= 0.6 is 11.3 Å². The second-order valence-corrected chi connectivity index (χ2v) is 14.7. The van der Waals surface area contributed by atoms with Gasteiger partial charge in [-0.2, -0.15) is 0 Å². The largest absolute Gasteiger partial charge is 0.381 e. The number of fused-ring (bicyclic) bond motifs is 3. The van der Waals surface area contributed by atoms with E-state index in [4.69, 9.17) is 4.74 Å². The highest BCUT2D eigenvalue weighted by molar-refractivity contribution is 7.19. The standard InChI is InChI=1S/C40H38FN5O4S/c1-25-20-31(36(42-22-25)45-23-40(24-45)15-18-50-19-16-40)38(48)43-28-12-10-26(11-13-28)39(49)46-17-14-27-21-34(44-37(47)29-6-2-4-8-32(29)41)51-35(27)30-7-3-5-9-33(30)46/h2-13,20-22,37,44,47H,14-19,23-24H2,1H3,(H,43,48). The number of aryl methyl sites for hydroxylation is 1.